The van der Waals surface area contributed by atoms with E-state index in [4.69, 9.17) is 18.9 Å². The lowest BCUT2D eigenvalue weighted by atomic mass is 9.94. The van der Waals surface area contributed by atoms with Crippen LogP contribution in [0.2, 0.25) is 0 Å². The summed E-state index contributed by atoms with van der Waals surface area (Å²) in [5.74, 6) is 0.383. The third kappa shape index (κ3) is 4.96. The molecule has 0 heterocycles. The summed E-state index contributed by atoms with van der Waals surface area (Å²) in [6.07, 6.45) is 1.61. The van der Waals surface area contributed by atoms with Crippen molar-refractivity contribution in [3.05, 3.63) is 47.5 Å². The van der Waals surface area contributed by atoms with Crippen LogP contribution in [-0.4, -0.2) is 38.4 Å². The molecule has 0 aliphatic heterocycles. The number of hydrogen-bond acceptors (Lipinski definition) is 6. The molecule has 0 amide bonds. The average molecular weight is 439 g/mol. The van der Waals surface area contributed by atoms with E-state index in [0.29, 0.717) is 24.7 Å². The van der Waals surface area contributed by atoms with Gasteiger partial charge in [-0.1, -0.05) is 44.2 Å². The zero-order valence-electron chi connectivity index (χ0n) is 19.2. The largest absolute Gasteiger partial charge is 0.481 e. The van der Waals surface area contributed by atoms with E-state index in [0.717, 1.165) is 45.5 Å². The van der Waals surface area contributed by atoms with Crippen LogP contribution in [0.1, 0.15) is 38.8 Å². The van der Waals surface area contributed by atoms with Gasteiger partial charge in [-0.15, -0.1) is 0 Å². The highest BCUT2D eigenvalue weighted by Gasteiger charge is 2.20. The molecule has 0 saturated heterocycles. The fraction of sp³-hybridized carbons (Fsp3) is 0.385. The van der Waals surface area contributed by atoms with Crippen molar-refractivity contribution in [2.75, 3.05) is 26.4 Å². The predicted octanol–water partition coefficient (Wildman–Crippen LogP) is 5.00. The van der Waals surface area contributed by atoms with Gasteiger partial charge in [0, 0.05) is 21.5 Å². The molecule has 0 radical (unpaired) electrons. The van der Waals surface area contributed by atoms with E-state index in [1.54, 1.807) is 13.8 Å². The van der Waals surface area contributed by atoms with Crippen LogP contribution < -0.4 is 9.47 Å². The number of esters is 2. The number of hydrogen-bond donors (Lipinski definition) is 0. The lowest BCUT2D eigenvalue weighted by molar-refractivity contribution is -0.146. The molecule has 32 heavy (non-hydrogen) atoms. The van der Waals surface area contributed by atoms with Crippen LogP contribution in [0.25, 0.3) is 21.5 Å². The lowest BCUT2D eigenvalue weighted by Gasteiger charge is -2.19. The minimum absolute atomic E-state index is 0.186. The van der Waals surface area contributed by atoms with Gasteiger partial charge in [0.1, 0.15) is 11.5 Å². The minimum Gasteiger partial charge on any atom is -0.481 e. The number of rotatable bonds is 10. The van der Waals surface area contributed by atoms with Crippen molar-refractivity contribution in [3.63, 3.8) is 0 Å². The van der Waals surface area contributed by atoms with Crippen LogP contribution in [0, 0.1) is 0 Å². The molecule has 3 aromatic rings. The van der Waals surface area contributed by atoms with Gasteiger partial charge >= 0.3 is 11.9 Å². The number of carbonyl (C=O) groups is 2. The van der Waals surface area contributed by atoms with Crippen LogP contribution in [-0.2, 0) is 31.9 Å². The fourth-order valence-corrected chi connectivity index (χ4v) is 3.80. The molecule has 0 fully saturated rings. The third-order valence-corrected chi connectivity index (χ3v) is 5.26. The fourth-order valence-electron chi connectivity index (χ4n) is 3.80. The van der Waals surface area contributed by atoms with E-state index in [-0.39, 0.29) is 13.2 Å². The van der Waals surface area contributed by atoms with Gasteiger partial charge < -0.3 is 18.9 Å². The van der Waals surface area contributed by atoms with Crippen LogP contribution in [0.4, 0.5) is 0 Å². The standard InChI is InChI=1S/C26H30O6/c1-5-17-12-13-19-21(14-17)25(31-15-22(27)29-7-3)20-11-9-10-18(6-2)24(20)26(19)32-16-23(28)30-8-4/h9-14H,5-8,15-16H2,1-4H3. The Hall–Kier alpha value is -3.28. The summed E-state index contributed by atoms with van der Waals surface area (Å²) in [4.78, 5) is 24.0. The molecule has 0 aromatic heterocycles. The number of benzene rings is 3. The minimum atomic E-state index is -0.422. The molecule has 0 spiro atoms. The first-order valence-corrected chi connectivity index (χ1v) is 11.1. The number of aryl methyl sites for hydroxylation is 2. The second-order valence-electron chi connectivity index (χ2n) is 7.27. The number of fused-ring (bicyclic) bond motifs is 2. The quantitative estimate of drug-likeness (QED) is 0.328. The summed E-state index contributed by atoms with van der Waals surface area (Å²) in [5.41, 5.74) is 2.18. The van der Waals surface area contributed by atoms with Gasteiger partial charge in [-0.05, 0) is 43.9 Å². The maximum Gasteiger partial charge on any atom is 0.344 e. The molecule has 0 atom stereocenters. The Morgan fingerprint density at radius 3 is 1.97 bits per heavy atom. The average Bonchev–Trinajstić information content (AvgIpc) is 2.80. The topological polar surface area (TPSA) is 71.1 Å². The van der Waals surface area contributed by atoms with Crippen molar-refractivity contribution in [1.82, 2.24) is 0 Å². The Morgan fingerprint density at radius 1 is 0.719 bits per heavy atom. The van der Waals surface area contributed by atoms with Crippen molar-refractivity contribution in [1.29, 1.82) is 0 Å². The zero-order valence-corrected chi connectivity index (χ0v) is 19.2. The van der Waals surface area contributed by atoms with Crippen molar-refractivity contribution < 1.29 is 28.5 Å². The van der Waals surface area contributed by atoms with Crippen molar-refractivity contribution in [2.45, 2.75) is 40.5 Å². The van der Waals surface area contributed by atoms with Gasteiger partial charge in [0.25, 0.3) is 0 Å². The SMILES string of the molecule is CCOC(=O)COc1c2cc(CC)ccc2c(OCC(=O)OCC)c2c(CC)cccc12. The summed E-state index contributed by atoms with van der Waals surface area (Å²) in [7, 11) is 0. The Kier molecular flexibility index (Phi) is 7.92. The molecule has 170 valence electrons. The first-order chi connectivity index (χ1) is 15.5. The smallest absolute Gasteiger partial charge is 0.344 e. The Bertz CT molecular complexity index is 1110. The Morgan fingerprint density at radius 2 is 1.38 bits per heavy atom. The van der Waals surface area contributed by atoms with Gasteiger partial charge in [0.05, 0.1) is 13.2 Å². The maximum absolute atomic E-state index is 12.0. The molecule has 0 aliphatic carbocycles. The molecule has 6 nitrogen and oxygen atoms in total. The van der Waals surface area contributed by atoms with Crippen LogP contribution in [0.5, 0.6) is 11.5 Å². The Balaban J connectivity index is 2.25. The van der Waals surface area contributed by atoms with E-state index in [1.807, 2.05) is 36.4 Å². The summed E-state index contributed by atoms with van der Waals surface area (Å²) in [6.45, 7) is 7.89. The molecule has 6 heteroatoms. The van der Waals surface area contributed by atoms with Crippen molar-refractivity contribution in [3.8, 4) is 11.5 Å². The molecule has 0 N–H and O–H groups in total. The summed E-state index contributed by atoms with van der Waals surface area (Å²) in [6, 6.07) is 12.0. The summed E-state index contributed by atoms with van der Waals surface area (Å²) in [5, 5.41) is 3.34. The molecule has 0 aliphatic rings. The maximum atomic E-state index is 12.0. The first kappa shape index (κ1) is 23.4. The molecule has 3 aromatic carbocycles. The van der Waals surface area contributed by atoms with E-state index >= 15 is 0 Å². The third-order valence-electron chi connectivity index (χ3n) is 5.26. The highest BCUT2D eigenvalue weighted by atomic mass is 16.6. The Labute approximate surface area is 188 Å². The molecular weight excluding hydrogens is 408 g/mol. The second-order valence-corrected chi connectivity index (χ2v) is 7.27. The normalized spacial score (nSPS) is 10.9. The van der Waals surface area contributed by atoms with Gasteiger partial charge in [-0.2, -0.15) is 0 Å². The highest BCUT2D eigenvalue weighted by Crippen LogP contribution is 2.44. The molecule has 3 rings (SSSR count). The number of ether oxygens (including phenoxy) is 4. The molecular formula is C26H30O6. The van der Waals surface area contributed by atoms with Gasteiger partial charge in [-0.3, -0.25) is 0 Å². The van der Waals surface area contributed by atoms with Gasteiger partial charge in [0.2, 0.25) is 0 Å². The monoisotopic (exact) mass is 438 g/mol. The van der Waals surface area contributed by atoms with E-state index in [2.05, 4.69) is 13.8 Å². The van der Waals surface area contributed by atoms with E-state index in [1.165, 1.54) is 0 Å². The lowest BCUT2D eigenvalue weighted by Crippen LogP contribution is -2.16. The van der Waals surface area contributed by atoms with E-state index in [9.17, 15) is 9.59 Å². The van der Waals surface area contributed by atoms with E-state index < -0.39 is 11.9 Å². The van der Waals surface area contributed by atoms with Gasteiger partial charge in [-0.25, -0.2) is 9.59 Å². The molecule has 0 bridgehead atoms. The van der Waals surface area contributed by atoms with Gasteiger partial charge in [0.15, 0.2) is 13.2 Å². The molecule has 0 unspecified atom stereocenters. The zero-order chi connectivity index (χ0) is 23.1. The van der Waals surface area contributed by atoms with Crippen molar-refractivity contribution >= 4 is 33.5 Å². The van der Waals surface area contributed by atoms with Crippen LogP contribution >= 0.6 is 0 Å². The first-order valence-electron chi connectivity index (χ1n) is 11.1. The van der Waals surface area contributed by atoms with Crippen LogP contribution in [0.3, 0.4) is 0 Å². The summed E-state index contributed by atoms with van der Waals surface area (Å²) < 4.78 is 22.2. The number of carbonyl (C=O) groups excluding carboxylic acids is 2. The highest BCUT2D eigenvalue weighted by molar-refractivity contribution is 6.12. The molecule has 0 saturated carbocycles. The predicted molar refractivity (Wildman–Crippen MR) is 124 cm³/mol. The second kappa shape index (κ2) is 10.8. The van der Waals surface area contributed by atoms with Crippen molar-refractivity contribution in [2.24, 2.45) is 0 Å². The van der Waals surface area contributed by atoms with Crippen LogP contribution in [0.15, 0.2) is 36.4 Å². The summed E-state index contributed by atoms with van der Waals surface area (Å²) >= 11 is 0.